The van der Waals surface area contributed by atoms with Gasteiger partial charge in [0.25, 0.3) is 0 Å². The first kappa shape index (κ1) is 17.1. The Bertz CT molecular complexity index is 770. The molecule has 2 aromatic rings. The van der Waals surface area contributed by atoms with Gasteiger partial charge in [-0.05, 0) is 43.6 Å². The third-order valence-corrected chi connectivity index (χ3v) is 4.58. The number of carbonyl (C=O) groups excluding carboxylic acids is 1. The Hall–Kier alpha value is -2.72. The molecule has 0 radical (unpaired) electrons. The molecule has 25 heavy (non-hydrogen) atoms. The Morgan fingerprint density at radius 3 is 2.56 bits per heavy atom. The standard InChI is InChI=1S/C18H20N4O3/c1-12-20-17(21-25-12)15-7-9-22(10-8-15)16(18(23)24-2)14-5-3-13(11-19)4-6-14/h3-6,15-16H,7-10H2,1-2H3/t16-/m0/s1. The number of methoxy groups -OCH3 is 1. The van der Waals surface area contributed by atoms with Crippen molar-refractivity contribution in [2.75, 3.05) is 20.2 Å². The number of aromatic nitrogens is 2. The molecule has 0 spiro atoms. The van der Waals surface area contributed by atoms with Gasteiger partial charge in [0.1, 0.15) is 6.04 Å². The number of likely N-dealkylation sites (tertiary alicyclic amines) is 1. The van der Waals surface area contributed by atoms with E-state index in [2.05, 4.69) is 21.1 Å². The van der Waals surface area contributed by atoms with E-state index in [1.165, 1.54) is 7.11 Å². The van der Waals surface area contributed by atoms with E-state index in [1.807, 2.05) is 12.1 Å². The Morgan fingerprint density at radius 2 is 2.04 bits per heavy atom. The number of rotatable bonds is 4. The minimum absolute atomic E-state index is 0.243. The topological polar surface area (TPSA) is 92.2 Å². The van der Waals surface area contributed by atoms with Crippen LogP contribution in [0.5, 0.6) is 0 Å². The fourth-order valence-corrected chi connectivity index (χ4v) is 3.24. The number of esters is 1. The van der Waals surface area contributed by atoms with Crippen molar-refractivity contribution in [3.05, 3.63) is 47.1 Å². The molecule has 7 heteroatoms. The molecule has 0 bridgehead atoms. The molecule has 7 nitrogen and oxygen atoms in total. The monoisotopic (exact) mass is 340 g/mol. The molecule has 1 fully saturated rings. The zero-order chi connectivity index (χ0) is 17.8. The van der Waals surface area contributed by atoms with Crippen LogP contribution in [0.4, 0.5) is 0 Å². The lowest BCUT2D eigenvalue weighted by Crippen LogP contribution is -2.40. The van der Waals surface area contributed by atoms with Crippen molar-refractivity contribution in [3.8, 4) is 6.07 Å². The number of ether oxygens (including phenoxy) is 1. The van der Waals surface area contributed by atoms with Crippen LogP contribution in [-0.4, -0.2) is 41.2 Å². The summed E-state index contributed by atoms with van der Waals surface area (Å²) >= 11 is 0. The van der Waals surface area contributed by atoms with Gasteiger partial charge in [-0.1, -0.05) is 17.3 Å². The molecule has 1 aliphatic rings. The van der Waals surface area contributed by atoms with E-state index < -0.39 is 6.04 Å². The quantitative estimate of drug-likeness (QED) is 0.789. The van der Waals surface area contributed by atoms with E-state index in [9.17, 15) is 4.79 Å². The summed E-state index contributed by atoms with van der Waals surface area (Å²) in [6, 6.07) is 8.70. The molecule has 0 saturated carbocycles. The highest BCUT2D eigenvalue weighted by Crippen LogP contribution is 2.32. The van der Waals surface area contributed by atoms with Gasteiger partial charge in [-0.15, -0.1) is 0 Å². The molecular formula is C18H20N4O3. The van der Waals surface area contributed by atoms with E-state index in [-0.39, 0.29) is 11.9 Å². The number of nitrogens with zero attached hydrogens (tertiary/aromatic N) is 4. The van der Waals surface area contributed by atoms with Crippen LogP contribution in [-0.2, 0) is 9.53 Å². The van der Waals surface area contributed by atoms with E-state index in [0.29, 0.717) is 11.5 Å². The number of nitriles is 1. The highest BCUT2D eigenvalue weighted by atomic mass is 16.5. The minimum atomic E-state index is -0.467. The third kappa shape index (κ3) is 3.69. The maximum atomic E-state index is 12.4. The van der Waals surface area contributed by atoms with Gasteiger partial charge in [0.05, 0.1) is 18.7 Å². The molecule has 0 N–H and O–H groups in total. The molecule has 0 unspecified atom stereocenters. The normalized spacial score (nSPS) is 17.0. The van der Waals surface area contributed by atoms with Crippen LogP contribution in [0.15, 0.2) is 28.8 Å². The zero-order valence-electron chi connectivity index (χ0n) is 14.3. The SMILES string of the molecule is COC(=O)[C@H](c1ccc(C#N)cc1)N1CCC(c2noc(C)n2)CC1. The second-order valence-electron chi connectivity index (χ2n) is 6.14. The lowest BCUT2D eigenvalue weighted by molar-refractivity contribution is -0.147. The van der Waals surface area contributed by atoms with Crippen LogP contribution in [0.25, 0.3) is 0 Å². The van der Waals surface area contributed by atoms with Gasteiger partial charge in [-0.2, -0.15) is 10.2 Å². The van der Waals surface area contributed by atoms with Crippen molar-refractivity contribution in [3.63, 3.8) is 0 Å². The Labute approximate surface area is 146 Å². The van der Waals surface area contributed by atoms with Crippen LogP contribution in [0, 0.1) is 18.3 Å². The van der Waals surface area contributed by atoms with E-state index in [4.69, 9.17) is 14.5 Å². The van der Waals surface area contributed by atoms with Gasteiger partial charge in [-0.25, -0.2) is 4.79 Å². The number of piperidine rings is 1. The maximum Gasteiger partial charge on any atom is 0.327 e. The summed E-state index contributed by atoms with van der Waals surface area (Å²) in [6.07, 6.45) is 1.70. The van der Waals surface area contributed by atoms with Crippen molar-refractivity contribution in [1.29, 1.82) is 5.26 Å². The molecule has 1 aromatic heterocycles. The number of carbonyl (C=O) groups is 1. The lowest BCUT2D eigenvalue weighted by atomic mass is 9.93. The summed E-state index contributed by atoms with van der Waals surface area (Å²) < 4.78 is 10.1. The molecule has 1 atom stereocenters. The van der Waals surface area contributed by atoms with Gasteiger partial charge in [-0.3, -0.25) is 4.90 Å². The van der Waals surface area contributed by atoms with Crippen LogP contribution in [0.2, 0.25) is 0 Å². The molecule has 2 heterocycles. The largest absolute Gasteiger partial charge is 0.468 e. The van der Waals surface area contributed by atoms with E-state index in [1.54, 1.807) is 19.1 Å². The summed E-state index contributed by atoms with van der Waals surface area (Å²) in [7, 11) is 1.40. The third-order valence-electron chi connectivity index (χ3n) is 4.58. The summed E-state index contributed by atoms with van der Waals surface area (Å²) in [5.41, 5.74) is 1.40. The van der Waals surface area contributed by atoms with Crippen molar-refractivity contribution in [2.24, 2.45) is 0 Å². The van der Waals surface area contributed by atoms with Crippen LogP contribution >= 0.6 is 0 Å². The van der Waals surface area contributed by atoms with Crippen molar-refractivity contribution >= 4 is 5.97 Å². The second kappa shape index (κ2) is 7.45. The molecule has 1 aromatic carbocycles. The predicted molar refractivity (Wildman–Crippen MR) is 88.5 cm³/mol. The van der Waals surface area contributed by atoms with Crippen molar-refractivity contribution in [1.82, 2.24) is 15.0 Å². The molecule has 0 aliphatic carbocycles. The summed E-state index contributed by atoms with van der Waals surface area (Å²) in [6.45, 7) is 3.25. The average Bonchev–Trinajstić information content (AvgIpc) is 3.09. The Balaban J connectivity index is 1.74. The predicted octanol–water partition coefficient (Wildman–Crippen LogP) is 2.34. The first-order valence-corrected chi connectivity index (χ1v) is 8.24. The summed E-state index contributed by atoms with van der Waals surface area (Å²) in [4.78, 5) is 18.8. The second-order valence-corrected chi connectivity index (χ2v) is 6.14. The molecule has 1 saturated heterocycles. The van der Waals surface area contributed by atoms with Crippen LogP contribution in [0.3, 0.4) is 0 Å². The van der Waals surface area contributed by atoms with E-state index in [0.717, 1.165) is 37.3 Å². The van der Waals surface area contributed by atoms with Crippen molar-refractivity contribution < 1.29 is 14.1 Å². The van der Waals surface area contributed by atoms with Gasteiger partial charge >= 0.3 is 5.97 Å². The Kier molecular flexibility index (Phi) is 5.10. The van der Waals surface area contributed by atoms with Gasteiger partial charge in [0, 0.05) is 12.8 Å². The minimum Gasteiger partial charge on any atom is -0.468 e. The molecule has 0 amide bonds. The molecular weight excluding hydrogens is 320 g/mol. The van der Waals surface area contributed by atoms with Crippen molar-refractivity contribution in [2.45, 2.75) is 31.7 Å². The van der Waals surface area contributed by atoms with Gasteiger partial charge < -0.3 is 9.26 Å². The van der Waals surface area contributed by atoms with Gasteiger partial charge in [0.15, 0.2) is 5.82 Å². The molecule has 1 aliphatic heterocycles. The van der Waals surface area contributed by atoms with Gasteiger partial charge in [0.2, 0.25) is 5.89 Å². The Morgan fingerprint density at radius 1 is 1.36 bits per heavy atom. The maximum absolute atomic E-state index is 12.4. The number of hydrogen-bond acceptors (Lipinski definition) is 7. The fourth-order valence-electron chi connectivity index (χ4n) is 3.24. The number of benzene rings is 1. The zero-order valence-corrected chi connectivity index (χ0v) is 14.3. The first-order valence-electron chi connectivity index (χ1n) is 8.24. The number of hydrogen-bond donors (Lipinski definition) is 0. The highest BCUT2D eigenvalue weighted by molar-refractivity contribution is 5.77. The smallest absolute Gasteiger partial charge is 0.327 e. The van der Waals surface area contributed by atoms with Crippen LogP contribution < -0.4 is 0 Å². The first-order chi connectivity index (χ1) is 12.1. The summed E-state index contributed by atoms with van der Waals surface area (Å²) in [5.74, 6) is 1.26. The average molecular weight is 340 g/mol. The van der Waals surface area contributed by atoms with Crippen LogP contribution in [0.1, 0.15) is 47.6 Å². The highest BCUT2D eigenvalue weighted by Gasteiger charge is 2.33. The molecule has 3 rings (SSSR count). The fraction of sp³-hybridized carbons (Fsp3) is 0.444. The van der Waals surface area contributed by atoms with E-state index >= 15 is 0 Å². The summed E-state index contributed by atoms with van der Waals surface area (Å²) in [5, 5.41) is 12.9. The number of aryl methyl sites for hydroxylation is 1. The molecule has 130 valence electrons. The lowest BCUT2D eigenvalue weighted by Gasteiger charge is -2.35.